The van der Waals surface area contributed by atoms with Crippen LogP contribution in [0.3, 0.4) is 0 Å². The third kappa shape index (κ3) is 4.49. The van der Waals surface area contributed by atoms with Crippen molar-refractivity contribution >= 4 is 0 Å². The van der Waals surface area contributed by atoms with E-state index in [-0.39, 0.29) is 0 Å². The van der Waals surface area contributed by atoms with Crippen molar-refractivity contribution in [3.05, 3.63) is 53.9 Å². The van der Waals surface area contributed by atoms with Crippen LogP contribution in [0.15, 0.2) is 42.6 Å². The number of rotatable bonds is 8. The Labute approximate surface area is 122 Å². The lowest BCUT2D eigenvalue weighted by atomic mass is 10.0. The molecule has 20 heavy (non-hydrogen) atoms. The molecule has 3 nitrogen and oxygen atoms in total. The first-order valence-corrected chi connectivity index (χ1v) is 7.56. The van der Waals surface area contributed by atoms with E-state index in [2.05, 4.69) is 53.7 Å². The van der Waals surface area contributed by atoms with Crippen LogP contribution >= 0.6 is 0 Å². The molecule has 0 aliphatic rings. The fraction of sp³-hybridized carbons (Fsp3) is 0.471. The second-order valence-electron chi connectivity index (χ2n) is 5.32. The summed E-state index contributed by atoms with van der Waals surface area (Å²) in [6.07, 6.45) is 7.01. The molecule has 0 saturated carbocycles. The van der Waals surface area contributed by atoms with Crippen LogP contribution in [-0.4, -0.2) is 9.78 Å². The monoisotopic (exact) mass is 271 g/mol. The van der Waals surface area contributed by atoms with E-state index in [9.17, 15) is 0 Å². The van der Waals surface area contributed by atoms with E-state index in [1.807, 2.05) is 17.9 Å². The van der Waals surface area contributed by atoms with Crippen LogP contribution in [-0.2, 0) is 13.6 Å². The predicted molar refractivity (Wildman–Crippen MR) is 83.4 cm³/mol. The summed E-state index contributed by atoms with van der Waals surface area (Å²) in [5, 5.41) is 8.08. The minimum Gasteiger partial charge on any atom is -0.304 e. The van der Waals surface area contributed by atoms with Gasteiger partial charge in [-0.15, -0.1) is 0 Å². The Morgan fingerprint density at radius 2 is 1.95 bits per heavy atom. The maximum atomic E-state index is 4.43. The number of aromatic nitrogens is 2. The standard InChI is InChI=1S/C17H25N3/c1-3-4-6-11-17(15-9-7-5-8-10-15)18-14-16-12-13-20(2)19-16/h5,7-10,12-13,17-18H,3-4,6,11,14H2,1-2H3. The summed E-state index contributed by atoms with van der Waals surface area (Å²) in [6, 6.07) is 13.2. The van der Waals surface area contributed by atoms with Gasteiger partial charge in [-0.25, -0.2) is 0 Å². The van der Waals surface area contributed by atoms with Crippen LogP contribution in [0.4, 0.5) is 0 Å². The molecule has 1 N–H and O–H groups in total. The fourth-order valence-corrected chi connectivity index (χ4v) is 2.46. The second-order valence-corrected chi connectivity index (χ2v) is 5.32. The molecule has 108 valence electrons. The highest BCUT2D eigenvalue weighted by atomic mass is 15.3. The van der Waals surface area contributed by atoms with Crippen LogP contribution in [0.5, 0.6) is 0 Å². The Balaban J connectivity index is 1.95. The lowest BCUT2D eigenvalue weighted by Crippen LogP contribution is -2.21. The fourth-order valence-electron chi connectivity index (χ4n) is 2.46. The van der Waals surface area contributed by atoms with Crippen LogP contribution in [0, 0.1) is 0 Å². The molecule has 0 amide bonds. The molecule has 0 radical (unpaired) electrons. The van der Waals surface area contributed by atoms with Crippen LogP contribution in [0.25, 0.3) is 0 Å². The van der Waals surface area contributed by atoms with Gasteiger partial charge in [-0.05, 0) is 18.1 Å². The maximum Gasteiger partial charge on any atom is 0.0762 e. The molecular weight excluding hydrogens is 246 g/mol. The minimum atomic E-state index is 0.421. The summed E-state index contributed by atoms with van der Waals surface area (Å²) >= 11 is 0. The first-order chi connectivity index (χ1) is 9.79. The molecule has 1 aromatic heterocycles. The summed E-state index contributed by atoms with van der Waals surface area (Å²) in [7, 11) is 1.96. The highest BCUT2D eigenvalue weighted by Crippen LogP contribution is 2.20. The first-order valence-electron chi connectivity index (χ1n) is 7.56. The van der Waals surface area contributed by atoms with Gasteiger partial charge in [0.05, 0.1) is 5.69 Å². The molecule has 3 heteroatoms. The average molecular weight is 271 g/mol. The molecule has 0 aliphatic heterocycles. The zero-order chi connectivity index (χ0) is 14.2. The Morgan fingerprint density at radius 3 is 2.60 bits per heavy atom. The number of nitrogens with zero attached hydrogens (tertiary/aromatic N) is 2. The van der Waals surface area contributed by atoms with Gasteiger partial charge in [-0.2, -0.15) is 5.10 Å². The van der Waals surface area contributed by atoms with Crippen molar-refractivity contribution in [2.24, 2.45) is 7.05 Å². The third-order valence-corrected chi connectivity index (χ3v) is 3.60. The summed E-state index contributed by atoms with van der Waals surface area (Å²) in [5.74, 6) is 0. The van der Waals surface area contributed by atoms with E-state index in [1.165, 1.54) is 31.2 Å². The Bertz CT molecular complexity index is 490. The minimum absolute atomic E-state index is 0.421. The number of unbranched alkanes of at least 4 members (excludes halogenated alkanes) is 2. The zero-order valence-corrected chi connectivity index (χ0v) is 12.5. The topological polar surface area (TPSA) is 29.9 Å². The maximum absolute atomic E-state index is 4.43. The largest absolute Gasteiger partial charge is 0.304 e. The van der Waals surface area contributed by atoms with E-state index >= 15 is 0 Å². The van der Waals surface area contributed by atoms with Crippen molar-refractivity contribution in [2.45, 2.75) is 45.2 Å². The van der Waals surface area contributed by atoms with Crippen LogP contribution < -0.4 is 5.32 Å². The molecule has 0 spiro atoms. The number of benzene rings is 1. The van der Waals surface area contributed by atoms with Gasteiger partial charge in [0.2, 0.25) is 0 Å². The molecule has 2 aromatic rings. The van der Waals surface area contributed by atoms with E-state index < -0.39 is 0 Å². The molecule has 1 unspecified atom stereocenters. The van der Waals surface area contributed by atoms with Crippen molar-refractivity contribution in [3.8, 4) is 0 Å². The number of hydrogen-bond donors (Lipinski definition) is 1. The molecule has 1 heterocycles. The summed E-state index contributed by atoms with van der Waals surface area (Å²) in [6.45, 7) is 3.07. The van der Waals surface area contributed by atoms with Crippen molar-refractivity contribution < 1.29 is 0 Å². The number of hydrogen-bond acceptors (Lipinski definition) is 2. The van der Waals surface area contributed by atoms with Crippen molar-refractivity contribution in [3.63, 3.8) is 0 Å². The molecule has 0 aliphatic carbocycles. The molecule has 2 rings (SSSR count). The van der Waals surface area contributed by atoms with Crippen LogP contribution in [0.2, 0.25) is 0 Å². The summed E-state index contributed by atoms with van der Waals surface area (Å²) in [4.78, 5) is 0. The highest BCUT2D eigenvalue weighted by Gasteiger charge is 2.10. The van der Waals surface area contributed by atoms with Crippen molar-refractivity contribution in [2.75, 3.05) is 0 Å². The van der Waals surface area contributed by atoms with Gasteiger partial charge in [0.15, 0.2) is 0 Å². The van der Waals surface area contributed by atoms with Gasteiger partial charge in [0.25, 0.3) is 0 Å². The number of nitrogens with one attached hydrogen (secondary N) is 1. The highest BCUT2D eigenvalue weighted by molar-refractivity contribution is 5.19. The summed E-state index contributed by atoms with van der Waals surface area (Å²) < 4.78 is 1.85. The lowest BCUT2D eigenvalue weighted by molar-refractivity contribution is 0.469. The summed E-state index contributed by atoms with van der Waals surface area (Å²) in [5.41, 5.74) is 2.48. The molecular formula is C17H25N3. The molecule has 0 fully saturated rings. The zero-order valence-electron chi connectivity index (χ0n) is 12.5. The van der Waals surface area contributed by atoms with Crippen molar-refractivity contribution in [1.82, 2.24) is 15.1 Å². The van der Waals surface area contributed by atoms with E-state index in [1.54, 1.807) is 0 Å². The molecule has 0 saturated heterocycles. The van der Waals surface area contributed by atoms with Gasteiger partial charge in [-0.1, -0.05) is 56.5 Å². The smallest absolute Gasteiger partial charge is 0.0762 e. The van der Waals surface area contributed by atoms with E-state index in [0.717, 1.165) is 12.2 Å². The Hall–Kier alpha value is -1.61. The molecule has 1 atom stereocenters. The van der Waals surface area contributed by atoms with E-state index in [4.69, 9.17) is 0 Å². The SMILES string of the molecule is CCCCCC(NCc1ccn(C)n1)c1ccccc1. The van der Waals surface area contributed by atoms with Gasteiger partial charge in [0, 0.05) is 25.8 Å². The van der Waals surface area contributed by atoms with Crippen LogP contribution in [0.1, 0.15) is 49.9 Å². The first kappa shape index (κ1) is 14.8. The molecule has 1 aromatic carbocycles. The normalized spacial score (nSPS) is 12.5. The van der Waals surface area contributed by atoms with Gasteiger partial charge in [-0.3, -0.25) is 4.68 Å². The average Bonchev–Trinajstić information content (AvgIpc) is 2.89. The van der Waals surface area contributed by atoms with Crippen molar-refractivity contribution in [1.29, 1.82) is 0 Å². The predicted octanol–water partition coefficient (Wildman–Crippen LogP) is 3.83. The van der Waals surface area contributed by atoms with Gasteiger partial charge in [0.1, 0.15) is 0 Å². The van der Waals surface area contributed by atoms with E-state index in [0.29, 0.717) is 6.04 Å². The van der Waals surface area contributed by atoms with Gasteiger partial charge >= 0.3 is 0 Å². The number of aryl methyl sites for hydroxylation is 1. The molecule has 0 bridgehead atoms. The quantitative estimate of drug-likeness (QED) is 0.739. The van der Waals surface area contributed by atoms with Gasteiger partial charge < -0.3 is 5.32 Å². The lowest BCUT2D eigenvalue weighted by Gasteiger charge is -2.18. The Kier molecular flexibility index (Phi) is 5.81. The second kappa shape index (κ2) is 7.85. The third-order valence-electron chi connectivity index (χ3n) is 3.60. The Morgan fingerprint density at radius 1 is 1.15 bits per heavy atom.